The van der Waals surface area contributed by atoms with E-state index in [0.29, 0.717) is 11.8 Å². The van der Waals surface area contributed by atoms with Crippen molar-refractivity contribution in [3.05, 3.63) is 290 Å². The largest absolute Gasteiger partial charge is 0.454 e. The molecule has 0 saturated heterocycles. The minimum Gasteiger partial charge on any atom is -0.454 e. The average molecular weight is 1190 g/mol. The number of rotatable bonds is 12. The molecule has 14 aromatic carbocycles. The molecule has 2 saturated carbocycles. The summed E-state index contributed by atoms with van der Waals surface area (Å²) in [6, 6.07) is 104. The van der Waals surface area contributed by atoms with Gasteiger partial charge in [0.1, 0.15) is 11.2 Å². The zero-order chi connectivity index (χ0) is 60.6. The second-order valence-electron chi connectivity index (χ2n) is 25.8. The first-order valence-electron chi connectivity index (χ1n) is 33.4. The van der Waals surface area contributed by atoms with E-state index >= 15 is 0 Å². The Morgan fingerprint density at radius 1 is 0.239 bits per heavy atom. The summed E-state index contributed by atoms with van der Waals surface area (Å²) in [5, 5.41) is 11.7. The molecular weight excluding hydrogens is 1120 g/mol. The Hall–Kier alpha value is -10.7. The molecule has 0 bridgehead atoms. The van der Waals surface area contributed by atoms with Gasteiger partial charge in [0.2, 0.25) is 0 Å². The predicted octanol–water partition coefficient (Wildman–Crippen LogP) is 26.1. The molecule has 2 fully saturated rings. The number of anilines is 6. The van der Waals surface area contributed by atoms with Crippen LogP contribution in [0.5, 0.6) is 0 Å². The van der Waals surface area contributed by atoms with E-state index < -0.39 is 0 Å². The molecule has 0 N–H and O–H groups in total. The van der Waals surface area contributed by atoms with Crippen molar-refractivity contribution in [2.45, 2.75) is 76.0 Å². The number of nitrogens with zero attached hydrogens (tertiary/aromatic N) is 2. The van der Waals surface area contributed by atoms with Crippen molar-refractivity contribution in [1.82, 2.24) is 0 Å². The van der Waals surface area contributed by atoms with Crippen LogP contribution in [0, 0.1) is 0 Å². The fourth-order valence-electron chi connectivity index (χ4n) is 16.2. The van der Waals surface area contributed by atoms with Crippen LogP contribution in [0.4, 0.5) is 34.1 Å². The molecule has 2 aliphatic carbocycles. The van der Waals surface area contributed by atoms with Crippen molar-refractivity contribution in [2.75, 3.05) is 9.80 Å². The highest BCUT2D eigenvalue weighted by atomic mass is 16.3. The van der Waals surface area contributed by atoms with Gasteiger partial charge in [-0.05, 0) is 152 Å². The Labute approximate surface area is 536 Å². The fourth-order valence-corrected chi connectivity index (χ4v) is 16.2. The van der Waals surface area contributed by atoms with Gasteiger partial charge in [-0.3, -0.25) is 0 Å². The lowest BCUT2D eigenvalue weighted by molar-refractivity contribution is 0.442. The quantitative estimate of drug-likeness (QED) is 0.114. The Morgan fingerprint density at radius 3 is 0.989 bits per heavy atom. The normalized spacial score (nSPS) is 14.2. The van der Waals surface area contributed by atoms with Gasteiger partial charge in [0.15, 0.2) is 11.2 Å². The summed E-state index contributed by atoms with van der Waals surface area (Å²) in [5.74, 6) is 0.955. The van der Waals surface area contributed by atoms with E-state index in [2.05, 4.69) is 289 Å². The summed E-state index contributed by atoms with van der Waals surface area (Å²) < 4.78 is 15.0. The lowest BCUT2D eigenvalue weighted by atomic mass is 9.83. The molecule has 0 amide bonds. The van der Waals surface area contributed by atoms with Crippen LogP contribution in [0.3, 0.4) is 0 Å². The van der Waals surface area contributed by atoms with Crippen LogP contribution >= 0.6 is 0 Å². The van der Waals surface area contributed by atoms with E-state index in [1.165, 1.54) is 119 Å². The van der Waals surface area contributed by atoms with Crippen LogP contribution in [0.15, 0.2) is 288 Å². The van der Waals surface area contributed by atoms with Crippen LogP contribution in [0.2, 0.25) is 0 Å². The second-order valence-corrected chi connectivity index (χ2v) is 25.8. The van der Waals surface area contributed by atoms with Crippen molar-refractivity contribution in [3.8, 4) is 44.5 Å². The van der Waals surface area contributed by atoms with Crippen molar-refractivity contribution < 1.29 is 8.83 Å². The van der Waals surface area contributed by atoms with Crippen molar-refractivity contribution in [3.63, 3.8) is 0 Å². The maximum absolute atomic E-state index is 7.49. The number of hydrogen-bond donors (Lipinski definition) is 0. The first-order chi connectivity index (χ1) is 45.7. The van der Waals surface area contributed by atoms with E-state index in [0.717, 1.165) is 111 Å². The van der Waals surface area contributed by atoms with Crippen LogP contribution in [-0.2, 0) is 0 Å². The summed E-state index contributed by atoms with van der Waals surface area (Å²) in [4.78, 5) is 5.04. The second kappa shape index (κ2) is 22.7. The molecule has 4 heteroatoms. The molecule has 4 nitrogen and oxygen atoms in total. The smallest absolute Gasteiger partial charge is 0.159 e. The molecule has 0 radical (unpaired) electrons. The Balaban J connectivity index is 0.904. The fraction of sp³-hybridized carbons (Fsp3) is 0.136. The number of hydrogen-bond acceptors (Lipinski definition) is 4. The molecule has 2 heterocycles. The third-order valence-corrected chi connectivity index (χ3v) is 20.6. The summed E-state index contributed by atoms with van der Waals surface area (Å²) in [7, 11) is 0. The molecule has 442 valence electrons. The number of benzene rings is 14. The lowest BCUT2D eigenvalue weighted by Gasteiger charge is -2.31. The monoisotopic (exact) mass is 1180 g/mol. The number of furan rings is 2. The molecule has 0 atom stereocenters. The van der Waals surface area contributed by atoms with Gasteiger partial charge in [-0.2, -0.15) is 0 Å². The van der Waals surface area contributed by atoms with Gasteiger partial charge in [0.05, 0.1) is 34.1 Å². The molecule has 2 aromatic heterocycles. The van der Waals surface area contributed by atoms with E-state index in [9.17, 15) is 0 Å². The maximum Gasteiger partial charge on any atom is 0.159 e. The first kappa shape index (κ1) is 54.3. The number of fused-ring (bicyclic) bond motifs is 6. The molecule has 16 aromatic rings. The van der Waals surface area contributed by atoms with Crippen LogP contribution in [0.25, 0.3) is 121 Å². The van der Waals surface area contributed by atoms with Crippen LogP contribution < -0.4 is 9.80 Å². The highest BCUT2D eigenvalue weighted by molar-refractivity contribution is 6.29. The summed E-state index contributed by atoms with van der Waals surface area (Å²) in [6.45, 7) is 0. The van der Waals surface area contributed by atoms with Gasteiger partial charge < -0.3 is 18.6 Å². The van der Waals surface area contributed by atoms with Gasteiger partial charge in [0.25, 0.3) is 0 Å². The van der Waals surface area contributed by atoms with Gasteiger partial charge in [-0.25, -0.2) is 0 Å². The third kappa shape index (κ3) is 9.09. The molecule has 0 unspecified atom stereocenters. The molecule has 0 spiro atoms. The first-order valence-corrected chi connectivity index (χ1v) is 33.4. The predicted molar refractivity (Wildman–Crippen MR) is 387 cm³/mol. The highest BCUT2D eigenvalue weighted by Crippen LogP contribution is 2.54. The molecular formula is C88H68N2O2. The highest BCUT2D eigenvalue weighted by Gasteiger charge is 2.31. The Morgan fingerprint density at radius 2 is 0.587 bits per heavy atom. The average Bonchev–Trinajstić information content (AvgIpc) is 0.910. The van der Waals surface area contributed by atoms with Crippen molar-refractivity contribution >= 4 is 110 Å². The third-order valence-electron chi connectivity index (χ3n) is 20.6. The van der Waals surface area contributed by atoms with Crippen LogP contribution in [0.1, 0.15) is 87.2 Å². The SMILES string of the molecule is c1ccc(-c2ccc(N(c3ccc4ccc5c(N(c6ccc(-c7ccccc7)cc6-c6ccccc6)c6cccc7c6oc6c(C8CCCCC8)cccc67)ccc6ccc3c4c65)c3cccc4c3oc3c(C5CCCCC5)cccc34)c(-c3ccccc3)c2)cc1. The summed E-state index contributed by atoms with van der Waals surface area (Å²) in [5.41, 5.74) is 22.0. The van der Waals surface area contributed by atoms with Gasteiger partial charge in [-0.1, -0.05) is 269 Å². The lowest BCUT2D eigenvalue weighted by Crippen LogP contribution is -2.13. The molecule has 92 heavy (non-hydrogen) atoms. The Bertz CT molecular complexity index is 5080. The molecule has 0 aliphatic heterocycles. The Kier molecular flexibility index (Phi) is 13.4. The van der Waals surface area contributed by atoms with Gasteiger partial charge >= 0.3 is 0 Å². The van der Waals surface area contributed by atoms with Crippen molar-refractivity contribution in [1.29, 1.82) is 0 Å². The minimum atomic E-state index is 0.477. The van der Waals surface area contributed by atoms with E-state index in [1.807, 2.05) is 0 Å². The summed E-state index contributed by atoms with van der Waals surface area (Å²) >= 11 is 0. The topological polar surface area (TPSA) is 32.8 Å². The van der Waals surface area contributed by atoms with Crippen LogP contribution in [-0.4, -0.2) is 0 Å². The number of para-hydroxylation sites is 4. The summed E-state index contributed by atoms with van der Waals surface area (Å²) in [6.07, 6.45) is 12.4. The minimum absolute atomic E-state index is 0.477. The van der Waals surface area contributed by atoms with E-state index in [1.54, 1.807) is 0 Å². The van der Waals surface area contributed by atoms with E-state index in [-0.39, 0.29) is 0 Å². The van der Waals surface area contributed by atoms with E-state index in [4.69, 9.17) is 8.83 Å². The maximum atomic E-state index is 7.49. The van der Waals surface area contributed by atoms with Crippen molar-refractivity contribution in [2.24, 2.45) is 0 Å². The molecule has 2 aliphatic rings. The molecule has 18 rings (SSSR count). The zero-order valence-electron chi connectivity index (χ0n) is 51.5. The van der Waals surface area contributed by atoms with Gasteiger partial charge in [-0.15, -0.1) is 0 Å². The zero-order valence-corrected chi connectivity index (χ0v) is 51.5. The standard InChI is InChI=1S/C88H68N2O2/c1-7-23-57(24-8-1)65-47-53-79(75(55-65)61-31-15-5-16-32-61)89(81-41-21-39-71-69-37-19-35-67(85(69)91-87(71)81)59-27-11-3-12-28-59)77-51-45-63-44-50-74-78(52-46-64-43-49-73(77)83(63)84(64)74)90(80-54-48-66(58-25-9-2-10-26-58)56-76(80)62-33-17-6-18-34-62)82-42-22-40-72-70-38-20-36-68(86(70)92-88(72)82)60-29-13-4-14-30-60/h1-2,5-10,15-26,31-56,59-60H,3-4,11-14,27-30H2. The van der Waals surface area contributed by atoms with Gasteiger partial charge in [0, 0.05) is 43.4 Å².